The molecule has 3 aromatic rings. The summed E-state index contributed by atoms with van der Waals surface area (Å²) in [5, 5.41) is 4.66. The van der Waals surface area contributed by atoms with Crippen LogP contribution in [-0.2, 0) is 28.4 Å². The minimum absolute atomic E-state index is 0.123. The summed E-state index contributed by atoms with van der Waals surface area (Å²) in [5.74, 6) is 1.74. The molecule has 0 saturated carbocycles. The van der Waals surface area contributed by atoms with Crippen molar-refractivity contribution in [1.82, 2.24) is 20.0 Å². The van der Waals surface area contributed by atoms with Crippen LogP contribution in [0.5, 0.6) is 0 Å². The molecule has 1 aliphatic rings. The highest BCUT2D eigenvalue weighted by Crippen LogP contribution is 2.30. The second-order valence-electron chi connectivity index (χ2n) is 9.49. The molecule has 10 heteroatoms. The Hall–Kier alpha value is -2.43. The van der Waals surface area contributed by atoms with Gasteiger partial charge >= 0.3 is 0 Å². The van der Waals surface area contributed by atoms with Gasteiger partial charge in [0.1, 0.15) is 5.76 Å². The van der Waals surface area contributed by atoms with E-state index < -0.39 is 10.0 Å². The Kier molecular flexibility index (Phi) is 7.02. The fraction of sp³-hybridized carbons (Fsp3) is 0.458. The average molecular weight is 502 g/mol. The molecule has 1 aliphatic heterocycles. The van der Waals surface area contributed by atoms with Gasteiger partial charge in [-0.25, -0.2) is 18.4 Å². The van der Waals surface area contributed by atoms with Crippen LogP contribution in [0.1, 0.15) is 63.1 Å². The molecular weight excluding hydrogens is 470 g/mol. The van der Waals surface area contributed by atoms with Gasteiger partial charge in [-0.15, -0.1) is 0 Å². The van der Waals surface area contributed by atoms with Crippen LogP contribution in [0.4, 0.5) is 5.82 Å². The maximum atomic E-state index is 13.0. The molecule has 0 unspecified atom stereocenters. The van der Waals surface area contributed by atoms with E-state index in [1.54, 1.807) is 30.0 Å². The molecule has 2 aromatic heterocycles. The highest BCUT2D eigenvalue weighted by atomic mass is 32.2. The number of nitrogens with one attached hydrogen (secondary N) is 1. The van der Waals surface area contributed by atoms with Crippen molar-refractivity contribution in [2.75, 3.05) is 17.0 Å². The van der Waals surface area contributed by atoms with Crippen LogP contribution in [0.15, 0.2) is 51.2 Å². The van der Waals surface area contributed by atoms with Crippen molar-refractivity contribution in [1.29, 1.82) is 0 Å². The molecular formula is C24H31N5O3S2. The molecule has 1 aromatic carbocycles. The van der Waals surface area contributed by atoms with Gasteiger partial charge < -0.3 is 4.52 Å². The van der Waals surface area contributed by atoms with Crippen molar-refractivity contribution in [3.8, 4) is 0 Å². The molecule has 0 saturated heterocycles. The number of thioether (sulfide) groups is 1. The maximum absolute atomic E-state index is 13.0. The fourth-order valence-electron chi connectivity index (χ4n) is 3.88. The quantitative estimate of drug-likeness (QED) is 0.364. The molecule has 1 atom stereocenters. The summed E-state index contributed by atoms with van der Waals surface area (Å²) in [5.41, 5.74) is 2.97. The Morgan fingerprint density at radius 3 is 2.56 bits per heavy atom. The lowest BCUT2D eigenvalue weighted by Gasteiger charge is -2.34. The summed E-state index contributed by atoms with van der Waals surface area (Å²) < 4.78 is 33.9. The molecule has 1 N–H and O–H groups in total. The number of rotatable bonds is 7. The third-order valence-electron chi connectivity index (χ3n) is 5.97. The largest absolute Gasteiger partial charge is 0.359 e. The molecule has 0 spiro atoms. The van der Waals surface area contributed by atoms with E-state index in [9.17, 15) is 8.42 Å². The van der Waals surface area contributed by atoms with Gasteiger partial charge in [-0.3, -0.25) is 9.62 Å². The van der Waals surface area contributed by atoms with E-state index in [2.05, 4.69) is 38.6 Å². The molecule has 0 aliphatic carbocycles. The van der Waals surface area contributed by atoms with Crippen LogP contribution in [-0.4, -0.2) is 40.7 Å². The van der Waals surface area contributed by atoms with Gasteiger partial charge in [0, 0.05) is 48.6 Å². The van der Waals surface area contributed by atoms with E-state index in [1.807, 2.05) is 39.2 Å². The maximum Gasteiger partial charge on any atom is 0.263 e. The number of anilines is 1. The van der Waals surface area contributed by atoms with Crippen LogP contribution in [0.25, 0.3) is 0 Å². The molecule has 182 valence electrons. The molecule has 4 rings (SSSR count). The highest BCUT2D eigenvalue weighted by molar-refractivity contribution is 7.99. The van der Waals surface area contributed by atoms with Crippen molar-refractivity contribution >= 4 is 27.6 Å². The third kappa shape index (κ3) is 5.45. The van der Waals surface area contributed by atoms with Crippen LogP contribution in [0.3, 0.4) is 0 Å². The van der Waals surface area contributed by atoms with E-state index in [0.29, 0.717) is 12.3 Å². The topological polar surface area (TPSA) is 101 Å². The minimum atomic E-state index is -3.79. The first kappa shape index (κ1) is 24.7. The summed E-state index contributed by atoms with van der Waals surface area (Å²) in [6.07, 6.45) is 4.63. The summed E-state index contributed by atoms with van der Waals surface area (Å²) >= 11 is 1.62. The highest BCUT2D eigenvalue weighted by Gasteiger charge is 2.26. The fourth-order valence-corrected chi connectivity index (χ4v) is 5.43. The van der Waals surface area contributed by atoms with Crippen molar-refractivity contribution in [2.45, 2.75) is 69.1 Å². The third-order valence-corrected chi connectivity index (χ3v) is 8.08. The Morgan fingerprint density at radius 1 is 1.18 bits per heavy atom. The molecule has 0 amide bonds. The molecule has 8 nitrogen and oxygen atoms in total. The summed E-state index contributed by atoms with van der Waals surface area (Å²) in [7, 11) is -3.79. The Bertz CT molecular complexity index is 1250. The van der Waals surface area contributed by atoms with E-state index in [0.717, 1.165) is 35.0 Å². The number of fused-ring (bicyclic) bond motifs is 1. The Labute approximate surface area is 205 Å². The zero-order chi connectivity index (χ0) is 24.5. The van der Waals surface area contributed by atoms with Gasteiger partial charge in [-0.1, -0.05) is 50.7 Å². The first-order valence-electron chi connectivity index (χ1n) is 11.4. The zero-order valence-corrected chi connectivity index (χ0v) is 21.8. The van der Waals surface area contributed by atoms with Gasteiger partial charge in [-0.05, 0) is 42.4 Å². The zero-order valence-electron chi connectivity index (χ0n) is 20.2. The van der Waals surface area contributed by atoms with Gasteiger partial charge in [-0.2, -0.15) is 0 Å². The average Bonchev–Trinajstić information content (AvgIpc) is 3.27. The van der Waals surface area contributed by atoms with Gasteiger partial charge in [0.2, 0.25) is 0 Å². The van der Waals surface area contributed by atoms with Gasteiger partial charge in [0.15, 0.2) is 11.0 Å². The first-order valence-corrected chi connectivity index (χ1v) is 13.8. The molecule has 0 radical (unpaired) electrons. The van der Waals surface area contributed by atoms with Crippen molar-refractivity contribution in [2.24, 2.45) is 0 Å². The molecule has 34 heavy (non-hydrogen) atoms. The predicted octanol–water partition coefficient (Wildman–Crippen LogP) is 4.79. The lowest BCUT2D eigenvalue weighted by atomic mass is 9.93. The summed E-state index contributed by atoms with van der Waals surface area (Å²) in [4.78, 5) is 11.4. The smallest absolute Gasteiger partial charge is 0.263 e. The van der Waals surface area contributed by atoms with Crippen LogP contribution < -0.4 is 4.72 Å². The second kappa shape index (κ2) is 9.67. The van der Waals surface area contributed by atoms with E-state index in [-0.39, 0.29) is 22.2 Å². The summed E-state index contributed by atoms with van der Waals surface area (Å²) in [6.45, 7) is 11.7. The van der Waals surface area contributed by atoms with Gasteiger partial charge in [0.05, 0.1) is 4.90 Å². The number of hydrogen-bond acceptors (Lipinski definition) is 8. The molecule has 3 heterocycles. The van der Waals surface area contributed by atoms with Crippen LogP contribution in [0.2, 0.25) is 0 Å². The SMILES string of the molecule is CCSc1ncc([C@@H](C)N2CCc3ccc(S(=O)(=O)Nc4cc(C(C)(C)C)on4)cc3C2)cn1. The summed E-state index contributed by atoms with van der Waals surface area (Å²) in [6, 6.07) is 7.08. The number of nitrogens with zero attached hydrogens (tertiary/aromatic N) is 4. The number of hydrogen-bond donors (Lipinski definition) is 1. The number of benzene rings is 1. The van der Waals surface area contributed by atoms with Crippen LogP contribution >= 0.6 is 11.8 Å². The molecule has 0 bridgehead atoms. The van der Waals surface area contributed by atoms with Crippen LogP contribution in [0, 0.1) is 0 Å². The van der Waals surface area contributed by atoms with Crippen molar-refractivity contribution in [3.63, 3.8) is 0 Å². The van der Waals surface area contributed by atoms with E-state index >= 15 is 0 Å². The number of sulfonamides is 1. The molecule has 0 fully saturated rings. The first-order chi connectivity index (χ1) is 16.1. The van der Waals surface area contributed by atoms with Crippen molar-refractivity contribution in [3.05, 3.63) is 59.1 Å². The predicted molar refractivity (Wildman–Crippen MR) is 133 cm³/mol. The van der Waals surface area contributed by atoms with Gasteiger partial charge in [0.25, 0.3) is 10.0 Å². The standard InChI is InChI=1S/C24H31N5O3S2/c1-6-33-23-25-13-19(14-26-23)16(2)29-10-9-17-7-8-20(11-18(17)15-29)34(30,31)28-22-12-21(32-27-22)24(3,4)5/h7-8,11-14,16H,6,9-10,15H2,1-5H3,(H,27,28)/t16-/m1/s1. The van der Waals surface area contributed by atoms with E-state index in [1.165, 1.54) is 5.56 Å². The second-order valence-corrected chi connectivity index (χ2v) is 12.4. The monoisotopic (exact) mass is 501 g/mol. The number of aromatic nitrogens is 3. The van der Waals surface area contributed by atoms with Crippen molar-refractivity contribution < 1.29 is 12.9 Å². The minimum Gasteiger partial charge on any atom is -0.359 e. The normalized spacial score (nSPS) is 15.7. The Morgan fingerprint density at radius 2 is 1.91 bits per heavy atom. The van der Waals surface area contributed by atoms with E-state index in [4.69, 9.17) is 4.52 Å². The Balaban J connectivity index is 1.50. The lowest BCUT2D eigenvalue weighted by Crippen LogP contribution is -2.33. The lowest BCUT2D eigenvalue weighted by molar-refractivity contribution is 0.191.